The molecule has 2 atom stereocenters. The Morgan fingerprint density at radius 1 is 1.36 bits per heavy atom. The van der Waals surface area contributed by atoms with Gasteiger partial charge in [-0.05, 0) is 67.2 Å². The first-order valence-electron chi connectivity index (χ1n) is 8.52. The van der Waals surface area contributed by atoms with E-state index in [1.54, 1.807) is 0 Å². The lowest BCUT2D eigenvalue weighted by Gasteiger charge is -2.37. The third-order valence-electron chi connectivity index (χ3n) is 4.51. The number of hydrogen-bond donors (Lipinski definition) is 0. The van der Waals surface area contributed by atoms with Crippen molar-refractivity contribution < 1.29 is 13.9 Å². The maximum atomic E-state index is 14.8. The van der Waals surface area contributed by atoms with Gasteiger partial charge in [0, 0.05) is 22.6 Å². The molecule has 0 aliphatic carbocycles. The predicted octanol–water partition coefficient (Wildman–Crippen LogP) is 4.81. The van der Waals surface area contributed by atoms with Crippen molar-refractivity contribution in [2.45, 2.75) is 51.4 Å². The lowest BCUT2D eigenvalue weighted by molar-refractivity contribution is 0.0283. The third kappa shape index (κ3) is 4.05. The summed E-state index contributed by atoms with van der Waals surface area (Å²) in [4.78, 5) is 15.8. The van der Waals surface area contributed by atoms with Crippen molar-refractivity contribution in [2.75, 3.05) is 24.5 Å². The van der Waals surface area contributed by atoms with Gasteiger partial charge >= 0.3 is 6.09 Å². The number of hydrogen-bond acceptors (Lipinski definition) is 3. The van der Waals surface area contributed by atoms with Crippen LogP contribution in [0.15, 0.2) is 16.6 Å². The molecule has 0 spiro atoms. The first-order valence-corrected chi connectivity index (χ1v) is 9.69. The van der Waals surface area contributed by atoms with Crippen LogP contribution in [-0.2, 0) is 11.2 Å². The summed E-state index contributed by atoms with van der Waals surface area (Å²) < 4.78 is 21.1. The minimum absolute atomic E-state index is 0.0661. The summed E-state index contributed by atoms with van der Waals surface area (Å²) in [6.45, 7) is 6.59. The zero-order valence-electron chi connectivity index (χ0n) is 14.7. The number of amides is 1. The minimum atomic E-state index is -1.11. The highest BCUT2D eigenvalue weighted by molar-refractivity contribution is 9.10. The molecule has 1 aromatic carbocycles. The molecule has 3 rings (SSSR count). The number of likely N-dealkylation sites (tertiary alicyclic amines) is 1. The van der Waals surface area contributed by atoms with E-state index < -0.39 is 17.9 Å². The molecule has 0 aromatic heterocycles. The molecule has 1 aromatic rings. The highest BCUT2D eigenvalue weighted by atomic mass is 79.9. The Morgan fingerprint density at radius 3 is 2.76 bits per heavy atom. The molecule has 7 heteroatoms. The molecule has 2 heterocycles. The quantitative estimate of drug-likeness (QED) is 0.637. The van der Waals surface area contributed by atoms with Crippen LogP contribution in [0.2, 0.25) is 5.02 Å². The normalized spacial score (nSPS) is 23.6. The number of carbonyl (C=O) groups is 1. The van der Waals surface area contributed by atoms with Crippen molar-refractivity contribution in [1.82, 2.24) is 4.90 Å². The molecule has 1 fully saturated rings. The van der Waals surface area contributed by atoms with Gasteiger partial charge < -0.3 is 14.5 Å². The van der Waals surface area contributed by atoms with Gasteiger partial charge in [0.15, 0.2) is 0 Å². The van der Waals surface area contributed by atoms with Gasteiger partial charge in [0.25, 0.3) is 0 Å². The Bertz CT molecular complexity index is 680. The number of rotatable bonds is 1. The van der Waals surface area contributed by atoms with Gasteiger partial charge in [-0.3, -0.25) is 0 Å². The van der Waals surface area contributed by atoms with Gasteiger partial charge in [0.2, 0.25) is 0 Å². The minimum Gasteiger partial charge on any atom is -0.444 e. The fourth-order valence-electron chi connectivity index (χ4n) is 3.53. The SMILES string of the molecule is CC(C)(C)OC(=O)N1CC(F)C(N2CCCc3cc(Cl)cc(Br)c32)C1. The number of halogens is 3. The summed E-state index contributed by atoms with van der Waals surface area (Å²) in [5, 5.41) is 0.672. The lowest BCUT2D eigenvalue weighted by Crippen LogP contribution is -2.45. The summed E-state index contributed by atoms with van der Waals surface area (Å²) in [6.07, 6.45) is 0.297. The van der Waals surface area contributed by atoms with E-state index in [1.807, 2.05) is 32.9 Å². The van der Waals surface area contributed by atoms with Crippen LogP contribution in [0.1, 0.15) is 32.8 Å². The van der Waals surface area contributed by atoms with Crippen molar-refractivity contribution in [2.24, 2.45) is 0 Å². The van der Waals surface area contributed by atoms with Crippen molar-refractivity contribution >= 4 is 39.3 Å². The van der Waals surface area contributed by atoms with Crippen molar-refractivity contribution in [3.8, 4) is 0 Å². The Hall–Kier alpha value is -1.01. The molecule has 2 aliphatic rings. The lowest BCUT2D eigenvalue weighted by atomic mass is 9.99. The number of carbonyl (C=O) groups excluding carboxylic acids is 1. The fraction of sp³-hybridized carbons (Fsp3) is 0.611. The van der Waals surface area contributed by atoms with Crippen LogP contribution in [0.5, 0.6) is 0 Å². The highest BCUT2D eigenvalue weighted by Crippen LogP contribution is 2.39. The second kappa shape index (κ2) is 6.95. The molecule has 0 radical (unpaired) electrons. The largest absolute Gasteiger partial charge is 0.444 e. The average Bonchev–Trinajstić information content (AvgIpc) is 2.86. The van der Waals surface area contributed by atoms with Gasteiger partial charge in [-0.15, -0.1) is 0 Å². The maximum Gasteiger partial charge on any atom is 0.410 e. The van der Waals surface area contributed by atoms with E-state index in [-0.39, 0.29) is 12.6 Å². The van der Waals surface area contributed by atoms with E-state index in [0.717, 1.165) is 35.1 Å². The first-order chi connectivity index (χ1) is 11.7. The van der Waals surface area contributed by atoms with E-state index >= 15 is 0 Å². The molecule has 25 heavy (non-hydrogen) atoms. The summed E-state index contributed by atoms with van der Waals surface area (Å²) in [5.41, 5.74) is 1.53. The van der Waals surface area contributed by atoms with Gasteiger partial charge in [0.05, 0.1) is 18.3 Å². The molecule has 138 valence electrons. The standard InChI is InChI=1S/C18H23BrClFN2O2/c1-18(2,3)25-17(24)22-9-14(21)15(10-22)23-6-4-5-11-7-12(20)8-13(19)16(11)23/h7-8,14-15H,4-6,9-10H2,1-3H3. The molecule has 1 saturated heterocycles. The zero-order chi connectivity index (χ0) is 18.4. The summed E-state index contributed by atoms with van der Waals surface area (Å²) in [7, 11) is 0. The fourth-order valence-corrected chi connectivity index (χ4v) is 4.63. The van der Waals surface area contributed by atoms with E-state index in [1.165, 1.54) is 4.90 Å². The zero-order valence-corrected chi connectivity index (χ0v) is 17.0. The summed E-state index contributed by atoms with van der Waals surface area (Å²) >= 11 is 9.72. The Balaban J connectivity index is 1.81. The van der Waals surface area contributed by atoms with Gasteiger partial charge in [-0.1, -0.05) is 11.6 Å². The number of nitrogens with zero attached hydrogens (tertiary/aromatic N) is 2. The Morgan fingerprint density at radius 2 is 2.08 bits per heavy atom. The number of anilines is 1. The Labute approximate surface area is 161 Å². The van der Waals surface area contributed by atoms with E-state index in [9.17, 15) is 9.18 Å². The smallest absolute Gasteiger partial charge is 0.410 e. The number of alkyl halides is 1. The first kappa shape index (κ1) is 18.8. The molecular formula is C18H23BrClFN2O2. The van der Waals surface area contributed by atoms with Crippen LogP contribution in [-0.4, -0.2) is 48.4 Å². The van der Waals surface area contributed by atoms with Gasteiger partial charge in [0.1, 0.15) is 11.8 Å². The average molecular weight is 434 g/mol. The maximum absolute atomic E-state index is 14.8. The number of aryl methyl sites for hydroxylation is 1. The second-order valence-electron chi connectivity index (χ2n) is 7.66. The van der Waals surface area contributed by atoms with Crippen LogP contribution in [0.25, 0.3) is 0 Å². The van der Waals surface area contributed by atoms with E-state index in [2.05, 4.69) is 20.8 Å². The molecule has 4 nitrogen and oxygen atoms in total. The van der Waals surface area contributed by atoms with Crippen molar-refractivity contribution in [1.29, 1.82) is 0 Å². The molecule has 2 unspecified atom stereocenters. The third-order valence-corrected chi connectivity index (χ3v) is 5.33. The molecule has 0 bridgehead atoms. The number of ether oxygens (including phenoxy) is 1. The van der Waals surface area contributed by atoms with Crippen LogP contribution in [0.3, 0.4) is 0 Å². The van der Waals surface area contributed by atoms with Crippen LogP contribution < -0.4 is 4.90 Å². The monoisotopic (exact) mass is 432 g/mol. The van der Waals surface area contributed by atoms with Crippen molar-refractivity contribution in [3.63, 3.8) is 0 Å². The van der Waals surface area contributed by atoms with Crippen molar-refractivity contribution in [3.05, 3.63) is 27.2 Å². The van der Waals surface area contributed by atoms with Crippen LogP contribution in [0.4, 0.5) is 14.9 Å². The van der Waals surface area contributed by atoms with E-state index in [0.29, 0.717) is 11.6 Å². The highest BCUT2D eigenvalue weighted by Gasteiger charge is 2.42. The van der Waals surface area contributed by atoms with Gasteiger partial charge in [-0.25, -0.2) is 9.18 Å². The summed E-state index contributed by atoms with van der Waals surface area (Å²) in [5.74, 6) is 0. The number of fused-ring (bicyclic) bond motifs is 1. The number of benzene rings is 1. The molecular weight excluding hydrogens is 411 g/mol. The van der Waals surface area contributed by atoms with Gasteiger partial charge in [-0.2, -0.15) is 0 Å². The molecule has 1 amide bonds. The topological polar surface area (TPSA) is 32.8 Å². The Kier molecular flexibility index (Phi) is 5.22. The second-order valence-corrected chi connectivity index (χ2v) is 8.95. The molecule has 2 aliphatic heterocycles. The van der Waals surface area contributed by atoms with Crippen LogP contribution >= 0.6 is 27.5 Å². The molecule has 0 N–H and O–H groups in total. The molecule has 0 saturated carbocycles. The summed E-state index contributed by atoms with van der Waals surface area (Å²) in [6, 6.07) is 3.41. The van der Waals surface area contributed by atoms with Crippen LogP contribution in [0, 0.1) is 0 Å². The predicted molar refractivity (Wildman–Crippen MR) is 101 cm³/mol. The van der Waals surface area contributed by atoms with E-state index in [4.69, 9.17) is 16.3 Å².